The molecule has 0 fully saturated rings. The molecule has 1 aromatic rings. The number of halogens is 3. The van der Waals surface area contributed by atoms with Gasteiger partial charge >= 0.3 is 0 Å². The van der Waals surface area contributed by atoms with E-state index in [4.69, 9.17) is 34.8 Å². The van der Waals surface area contributed by atoms with Crippen molar-refractivity contribution in [3.8, 4) is 0 Å². The number of hydrogen-bond acceptors (Lipinski definition) is 1. The zero-order valence-corrected chi connectivity index (χ0v) is 9.24. The highest BCUT2D eigenvalue weighted by atomic mass is 35.5. The maximum absolute atomic E-state index is 9.52. The minimum absolute atomic E-state index is 0.572. The van der Waals surface area contributed by atoms with E-state index in [2.05, 4.69) is 0 Å². The van der Waals surface area contributed by atoms with Gasteiger partial charge < -0.3 is 5.11 Å². The number of benzene rings is 1. The van der Waals surface area contributed by atoms with E-state index in [0.29, 0.717) is 10.6 Å². The smallest absolute Gasteiger partial charge is 0.137 e. The maximum atomic E-state index is 9.52. The van der Waals surface area contributed by atoms with E-state index in [1.54, 1.807) is 18.2 Å². The predicted octanol–water partition coefficient (Wildman–Crippen LogP) is 3.49. The third-order valence-corrected chi connectivity index (χ3v) is 2.34. The Labute approximate surface area is 92.2 Å². The molecule has 0 amide bonds. The van der Waals surface area contributed by atoms with Crippen LogP contribution in [-0.2, 0) is 0 Å². The van der Waals surface area contributed by atoms with Crippen LogP contribution in [0.15, 0.2) is 18.2 Å². The second kappa shape index (κ2) is 4.52. The van der Waals surface area contributed by atoms with Crippen LogP contribution in [0.25, 0.3) is 0 Å². The van der Waals surface area contributed by atoms with Crippen molar-refractivity contribution < 1.29 is 5.11 Å². The molecule has 1 rings (SSSR count). The Hall–Kier alpha value is 0.0500. The molecule has 0 aromatic heterocycles. The quantitative estimate of drug-likeness (QED) is 0.784. The van der Waals surface area contributed by atoms with E-state index in [0.717, 1.165) is 5.56 Å². The van der Waals surface area contributed by atoms with E-state index < -0.39 is 10.9 Å². The summed E-state index contributed by atoms with van der Waals surface area (Å²) >= 11 is 16.9. The fourth-order valence-electron chi connectivity index (χ4n) is 1.08. The summed E-state index contributed by atoms with van der Waals surface area (Å²) in [7, 11) is 0. The van der Waals surface area contributed by atoms with Crippen molar-refractivity contribution in [2.24, 2.45) is 0 Å². The number of rotatable bonds is 2. The van der Waals surface area contributed by atoms with Crippen LogP contribution in [0.5, 0.6) is 0 Å². The molecule has 13 heavy (non-hydrogen) atoms. The van der Waals surface area contributed by atoms with Crippen LogP contribution in [0.3, 0.4) is 0 Å². The van der Waals surface area contributed by atoms with Gasteiger partial charge in [0.05, 0.1) is 0 Å². The molecule has 0 aliphatic rings. The van der Waals surface area contributed by atoms with Crippen molar-refractivity contribution in [3.63, 3.8) is 0 Å². The van der Waals surface area contributed by atoms with Crippen LogP contribution in [0.2, 0.25) is 5.02 Å². The SMILES string of the molecule is Cc1cc(Cl)cc(C(O)C(Cl)Cl)c1. The largest absolute Gasteiger partial charge is 0.386 e. The summed E-state index contributed by atoms with van der Waals surface area (Å²) in [5.74, 6) is 0. The summed E-state index contributed by atoms with van der Waals surface area (Å²) in [6.07, 6.45) is -0.888. The average molecular weight is 240 g/mol. The average Bonchev–Trinajstić information content (AvgIpc) is 2.01. The fraction of sp³-hybridized carbons (Fsp3) is 0.333. The molecule has 1 nitrogen and oxygen atoms in total. The number of aliphatic hydroxyl groups excluding tert-OH is 1. The van der Waals surface area contributed by atoms with Gasteiger partial charge in [0, 0.05) is 5.02 Å². The molecule has 1 aromatic carbocycles. The summed E-state index contributed by atoms with van der Waals surface area (Å²) in [6, 6.07) is 5.25. The van der Waals surface area contributed by atoms with Gasteiger partial charge in [-0.05, 0) is 30.2 Å². The predicted molar refractivity (Wildman–Crippen MR) is 56.6 cm³/mol. The molecule has 1 atom stereocenters. The molecule has 72 valence electrons. The lowest BCUT2D eigenvalue weighted by Crippen LogP contribution is -2.05. The number of alkyl halides is 2. The van der Waals surface area contributed by atoms with Crippen LogP contribution in [-0.4, -0.2) is 9.94 Å². The highest BCUT2D eigenvalue weighted by Gasteiger charge is 2.16. The van der Waals surface area contributed by atoms with Crippen LogP contribution < -0.4 is 0 Å². The molecule has 4 heteroatoms. The second-order valence-electron chi connectivity index (χ2n) is 2.84. The topological polar surface area (TPSA) is 20.2 Å². The van der Waals surface area contributed by atoms with Crippen molar-refractivity contribution in [2.75, 3.05) is 0 Å². The first kappa shape index (κ1) is 11.1. The zero-order valence-electron chi connectivity index (χ0n) is 6.97. The Bertz CT molecular complexity index is 279. The van der Waals surface area contributed by atoms with Gasteiger partial charge in [0.2, 0.25) is 0 Å². The van der Waals surface area contributed by atoms with Crippen LogP contribution in [0.4, 0.5) is 0 Å². The molecule has 0 bridgehead atoms. The highest BCUT2D eigenvalue weighted by molar-refractivity contribution is 6.44. The van der Waals surface area contributed by atoms with Crippen LogP contribution in [0, 0.1) is 6.92 Å². The van der Waals surface area contributed by atoms with Gasteiger partial charge in [-0.2, -0.15) is 0 Å². The number of aliphatic hydroxyl groups is 1. The number of aryl methyl sites for hydroxylation is 1. The van der Waals surface area contributed by atoms with E-state index in [-0.39, 0.29) is 0 Å². The van der Waals surface area contributed by atoms with Crippen LogP contribution >= 0.6 is 34.8 Å². The summed E-state index contributed by atoms with van der Waals surface area (Å²) in [5, 5.41) is 10.1. The van der Waals surface area contributed by atoms with Gasteiger partial charge in [-0.1, -0.05) is 17.7 Å². The second-order valence-corrected chi connectivity index (χ2v) is 4.44. The van der Waals surface area contributed by atoms with Crippen molar-refractivity contribution in [2.45, 2.75) is 17.9 Å². The van der Waals surface area contributed by atoms with E-state index >= 15 is 0 Å². The van der Waals surface area contributed by atoms with Crippen molar-refractivity contribution in [1.82, 2.24) is 0 Å². The number of hydrogen-bond donors (Lipinski definition) is 1. The molecular formula is C9H9Cl3O. The van der Waals surface area contributed by atoms with Gasteiger partial charge in [-0.3, -0.25) is 0 Å². The third kappa shape index (κ3) is 3.03. The van der Waals surface area contributed by atoms with Gasteiger partial charge in [0.25, 0.3) is 0 Å². The first-order chi connectivity index (χ1) is 6.00. The molecule has 0 spiro atoms. The molecule has 1 unspecified atom stereocenters. The first-order valence-electron chi connectivity index (χ1n) is 3.74. The summed E-state index contributed by atoms with van der Waals surface area (Å²) in [5.41, 5.74) is 1.61. The summed E-state index contributed by atoms with van der Waals surface area (Å²) in [4.78, 5) is -0.835. The molecule has 0 aliphatic carbocycles. The van der Waals surface area contributed by atoms with E-state index in [1.807, 2.05) is 6.92 Å². The molecule has 0 saturated heterocycles. The molecule has 0 radical (unpaired) electrons. The Morgan fingerprint density at radius 2 is 1.85 bits per heavy atom. The van der Waals surface area contributed by atoms with Gasteiger partial charge in [-0.25, -0.2) is 0 Å². The van der Waals surface area contributed by atoms with Crippen molar-refractivity contribution in [1.29, 1.82) is 0 Å². The zero-order chi connectivity index (χ0) is 10.0. The van der Waals surface area contributed by atoms with E-state index in [1.165, 1.54) is 0 Å². The maximum Gasteiger partial charge on any atom is 0.137 e. The Morgan fingerprint density at radius 1 is 1.23 bits per heavy atom. The Morgan fingerprint density at radius 3 is 2.31 bits per heavy atom. The molecule has 0 saturated carbocycles. The fourth-order valence-corrected chi connectivity index (χ4v) is 1.67. The van der Waals surface area contributed by atoms with Gasteiger partial charge in [0.15, 0.2) is 0 Å². The molecule has 0 aliphatic heterocycles. The lowest BCUT2D eigenvalue weighted by atomic mass is 10.1. The molecule has 1 N–H and O–H groups in total. The normalized spacial score (nSPS) is 13.4. The monoisotopic (exact) mass is 238 g/mol. The third-order valence-electron chi connectivity index (χ3n) is 1.64. The summed E-state index contributed by atoms with van der Waals surface area (Å²) < 4.78 is 0. The highest BCUT2D eigenvalue weighted by Crippen LogP contribution is 2.26. The van der Waals surface area contributed by atoms with Crippen molar-refractivity contribution >= 4 is 34.8 Å². The van der Waals surface area contributed by atoms with E-state index in [9.17, 15) is 5.11 Å². The van der Waals surface area contributed by atoms with Crippen molar-refractivity contribution in [3.05, 3.63) is 34.3 Å². The van der Waals surface area contributed by atoms with Crippen LogP contribution in [0.1, 0.15) is 17.2 Å². The first-order valence-corrected chi connectivity index (χ1v) is 4.99. The van der Waals surface area contributed by atoms with Gasteiger partial charge in [-0.15, -0.1) is 23.2 Å². The standard InChI is InChI=1S/C9H9Cl3O/c1-5-2-6(4-7(10)3-5)8(13)9(11)12/h2-4,8-9,13H,1H3. The summed E-state index contributed by atoms with van der Waals surface area (Å²) in [6.45, 7) is 1.89. The lowest BCUT2D eigenvalue weighted by molar-refractivity contribution is 0.193. The minimum Gasteiger partial charge on any atom is -0.386 e. The lowest BCUT2D eigenvalue weighted by Gasteiger charge is -2.12. The molecule has 0 heterocycles. The minimum atomic E-state index is -0.888. The molecular weight excluding hydrogens is 230 g/mol. The van der Waals surface area contributed by atoms with Gasteiger partial charge in [0.1, 0.15) is 10.9 Å². The Kier molecular flexibility index (Phi) is 3.87. The Balaban J connectivity index is 3.01.